The summed E-state index contributed by atoms with van der Waals surface area (Å²) in [6, 6.07) is 4.26. The number of rotatable bonds is 3. The van der Waals surface area contributed by atoms with E-state index in [0.717, 1.165) is 19.5 Å². The smallest absolute Gasteiger partial charge is 0.279 e. The quantitative estimate of drug-likeness (QED) is 0.871. The molecular formula is C14H19ClFN2O+. The van der Waals surface area contributed by atoms with Gasteiger partial charge in [-0.05, 0) is 31.0 Å². The molecule has 2 N–H and O–H groups in total. The lowest BCUT2D eigenvalue weighted by Gasteiger charge is -2.27. The van der Waals surface area contributed by atoms with E-state index < -0.39 is 5.82 Å². The summed E-state index contributed by atoms with van der Waals surface area (Å²) in [6.07, 6.45) is 2.38. The third-order valence-electron chi connectivity index (χ3n) is 3.48. The van der Waals surface area contributed by atoms with Crippen molar-refractivity contribution in [3.63, 3.8) is 0 Å². The van der Waals surface area contributed by atoms with E-state index in [-0.39, 0.29) is 11.6 Å². The van der Waals surface area contributed by atoms with Gasteiger partial charge in [-0.2, -0.15) is 0 Å². The zero-order valence-corrected chi connectivity index (χ0v) is 11.8. The molecule has 1 saturated heterocycles. The van der Waals surface area contributed by atoms with Crippen molar-refractivity contribution in [2.24, 2.45) is 5.92 Å². The number of hydrogen-bond donors (Lipinski definition) is 2. The first-order chi connectivity index (χ1) is 9.04. The first-order valence-electron chi connectivity index (χ1n) is 6.63. The third-order valence-corrected chi connectivity index (χ3v) is 3.72. The summed E-state index contributed by atoms with van der Waals surface area (Å²) in [5.41, 5.74) is 0.193. The molecule has 2 atom stereocenters. The molecule has 0 spiro atoms. The average molecular weight is 286 g/mol. The van der Waals surface area contributed by atoms with Crippen LogP contribution in [0.1, 0.15) is 19.8 Å². The van der Waals surface area contributed by atoms with E-state index in [9.17, 15) is 9.18 Å². The van der Waals surface area contributed by atoms with Crippen molar-refractivity contribution in [2.75, 3.05) is 25.0 Å². The minimum atomic E-state index is -0.497. The summed E-state index contributed by atoms with van der Waals surface area (Å²) in [7, 11) is 0. The summed E-state index contributed by atoms with van der Waals surface area (Å²) in [4.78, 5) is 13.2. The fourth-order valence-corrected chi connectivity index (χ4v) is 2.73. The van der Waals surface area contributed by atoms with Gasteiger partial charge in [-0.3, -0.25) is 4.79 Å². The van der Waals surface area contributed by atoms with E-state index in [1.165, 1.54) is 23.5 Å². The van der Waals surface area contributed by atoms with Crippen molar-refractivity contribution >= 4 is 23.2 Å². The minimum Gasteiger partial charge on any atom is -0.327 e. The molecule has 2 rings (SSSR count). The molecule has 1 unspecified atom stereocenters. The molecule has 0 saturated carbocycles. The third kappa shape index (κ3) is 4.18. The fourth-order valence-electron chi connectivity index (χ4n) is 2.57. The zero-order chi connectivity index (χ0) is 13.8. The Bertz CT molecular complexity index is 467. The Morgan fingerprint density at radius 3 is 3.05 bits per heavy atom. The van der Waals surface area contributed by atoms with Crippen LogP contribution in [0.15, 0.2) is 18.2 Å². The number of hydrogen-bond acceptors (Lipinski definition) is 1. The molecule has 1 aromatic carbocycles. The Morgan fingerprint density at radius 1 is 1.58 bits per heavy atom. The standard InChI is InChI=1S/C14H18ClFN2O/c1-10-3-2-6-18(8-10)9-14(19)17-13-5-4-11(15)7-12(13)16/h4-5,7,10H,2-3,6,8-9H2,1H3,(H,17,19)/p+1/t10-/m1/s1. The van der Waals surface area contributed by atoms with E-state index in [2.05, 4.69) is 12.2 Å². The maximum Gasteiger partial charge on any atom is 0.279 e. The summed E-state index contributed by atoms with van der Waals surface area (Å²) >= 11 is 5.67. The zero-order valence-electron chi connectivity index (χ0n) is 11.0. The molecule has 104 valence electrons. The van der Waals surface area contributed by atoms with Crippen LogP contribution < -0.4 is 10.2 Å². The average Bonchev–Trinajstić information content (AvgIpc) is 2.33. The second-order valence-corrected chi connectivity index (χ2v) is 5.74. The molecule has 0 bridgehead atoms. The second kappa shape index (κ2) is 6.35. The monoisotopic (exact) mass is 285 g/mol. The highest BCUT2D eigenvalue weighted by Crippen LogP contribution is 2.18. The topological polar surface area (TPSA) is 33.5 Å². The van der Waals surface area contributed by atoms with Gasteiger partial charge in [0, 0.05) is 10.9 Å². The molecule has 3 nitrogen and oxygen atoms in total. The molecule has 5 heteroatoms. The van der Waals surface area contributed by atoms with Gasteiger partial charge in [0.1, 0.15) is 5.82 Å². The van der Waals surface area contributed by atoms with Crippen LogP contribution in [0.25, 0.3) is 0 Å². The van der Waals surface area contributed by atoms with Crippen molar-refractivity contribution in [3.05, 3.63) is 29.0 Å². The Labute approximate surface area is 117 Å². The van der Waals surface area contributed by atoms with Gasteiger partial charge in [-0.1, -0.05) is 18.5 Å². The molecular weight excluding hydrogens is 267 g/mol. The highest BCUT2D eigenvalue weighted by molar-refractivity contribution is 6.30. The number of halogens is 2. The molecule has 1 aliphatic heterocycles. The van der Waals surface area contributed by atoms with Crippen molar-refractivity contribution in [1.29, 1.82) is 0 Å². The Kier molecular flexibility index (Phi) is 4.77. The van der Waals surface area contributed by atoms with Crippen LogP contribution in [-0.2, 0) is 4.79 Å². The van der Waals surface area contributed by atoms with Crippen LogP contribution in [0.4, 0.5) is 10.1 Å². The molecule has 1 fully saturated rings. The number of amides is 1. The maximum absolute atomic E-state index is 13.5. The maximum atomic E-state index is 13.5. The highest BCUT2D eigenvalue weighted by atomic mass is 35.5. The van der Waals surface area contributed by atoms with Crippen LogP contribution in [0.5, 0.6) is 0 Å². The number of likely N-dealkylation sites (tertiary alicyclic amines) is 1. The predicted octanol–water partition coefficient (Wildman–Crippen LogP) is 1.73. The first kappa shape index (κ1) is 14.3. The second-order valence-electron chi connectivity index (χ2n) is 5.30. The molecule has 1 aromatic rings. The Balaban J connectivity index is 1.90. The fraction of sp³-hybridized carbons (Fsp3) is 0.500. The van der Waals surface area contributed by atoms with Gasteiger partial charge in [0.2, 0.25) is 0 Å². The van der Waals surface area contributed by atoms with Crippen LogP contribution in [0.2, 0.25) is 5.02 Å². The molecule has 0 radical (unpaired) electrons. The number of anilines is 1. The van der Waals surface area contributed by atoms with Crippen LogP contribution in [0, 0.1) is 11.7 Å². The van der Waals surface area contributed by atoms with Crippen LogP contribution in [-0.4, -0.2) is 25.5 Å². The van der Waals surface area contributed by atoms with Crippen LogP contribution in [0.3, 0.4) is 0 Å². The van der Waals surface area contributed by atoms with Crippen molar-refractivity contribution in [1.82, 2.24) is 0 Å². The van der Waals surface area contributed by atoms with Gasteiger partial charge < -0.3 is 10.2 Å². The SMILES string of the molecule is C[C@@H]1CCC[NH+](CC(=O)Nc2ccc(Cl)cc2F)C1. The van der Waals surface area contributed by atoms with Gasteiger partial charge in [0.25, 0.3) is 5.91 Å². The van der Waals surface area contributed by atoms with Gasteiger partial charge in [-0.15, -0.1) is 0 Å². The van der Waals surface area contributed by atoms with Gasteiger partial charge >= 0.3 is 0 Å². The van der Waals surface area contributed by atoms with Crippen molar-refractivity contribution < 1.29 is 14.1 Å². The van der Waals surface area contributed by atoms with E-state index in [4.69, 9.17) is 11.6 Å². The number of piperidine rings is 1. The van der Waals surface area contributed by atoms with E-state index >= 15 is 0 Å². The van der Waals surface area contributed by atoms with Gasteiger partial charge in [-0.25, -0.2) is 4.39 Å². The molecule has 0 aromatic heterocycles. The normalized spacial score (nSPS) is 23.1. The number of carbonyl (C=O) groups is 1. The number of quaternary nitrogens is 1. The van der Waals surface area contributed by atoms with Gasteiger partial charge in [0.05, 0.1) is 18.8 Å². The molecule has 1 aliphatic rings. The lowest BCUT2D eigenvalue weighted by atomic mass is 10.0. The lowest BCUT2D eigenvalue weighted by molar-refractivity contribution is -0.900. The molecule has 0 aliphatic carbocycles. The van der Waals surface area contributed by atoms with E-state index in [0.29, 0.717) is 17.5 Å². The van der Waals surface area contributed by atoms with Crippen molar-refractivity contribution in [3.8, 4) is 0 Å². The molecule has 19 heavy (non-hydrogen) atoms. The Morgan fingerprint density at radius 2 is 2.37 bits per heavy atom. The summed E-state index contributed by atoms with van der Waals surface area (Å²) in [5, 5.41) is 2.93. The predicted molar refractivity (Wildman–Crippen MR) is 74.0 cm³/mol. The van der Waals surface area contributed by atoms with Crippen LogP contribution >= 0.6 is 11.6 Å². The van der Waals surface area contributed by atoms with Crippen molar-refractivity contribution in [2.45, 2.75) is 19.8 Å². The lowest BCUT2D eigenvalue weighted by Crippen LogP contribution is -3.14. The summed E-state index contributed by atoms with van der Waals surface area (Å²) in [5.74, 6) is 0.0111. The summed E-state index contributed by atoms with van der Waals surface area (Å²) < 4.78 is 13.5. The number of nitrogens with one attached hydrogen (secondary N) is 2. The highest BCUT2D eigenvalue weighted by Gasteiger charge is 2.22. The van der Waals surface area contributed by atoms with E-state index in [1.807, 2.05) is 0 Å². The minimum absolute atomic E-state index is 0.148. The first-order valence-corrected chi connectivity index (χ1v) is 7.01. The molecule has 1 amide bonds. The largest absolute Gasteiger partial charge is 0.327 e. The number of carbonyl (C=O) groups excluding carboxylic acids is 1. The summed E-state index contributed by atoms with van der Waals surface area (Å²) in [6.45, 7) is 4.62. The molecule has 1 heterocycles. The number of benzene rings is 1. The Hall–Kier alpha value is -1.13. The van der Waals surface area contributed by atoms with E-state index in [1.54, 1.807) is 6.07 Å². The van der Waals surface area contributed by atoms with Gasteiger partial charge in [0.15, 0.2) is 6.54 Å².